The summed E-state index contributed by atoms with van der Waals surface area (Å²) in [4.78, 5) is 0. The maximum Gasteiger partial charge on any atom is -0.0162 e. The highest BCUT2D eigenvalue weighted by Gasteiger charge is 2.24. The molecule has 2 aliphatic carbocycles. The van der Waals surface area contributed by atoms with Gasteiger partial charge in [-0.2, -0.15) is 0 Å². The summed E-state index contributed by atoms with van der Waals surface area (Å²) in [5.41, 5.74) is 32.2. The Hall–Kier alpha value is -9.36. The van der Waals surface area contributed by atoms with Crippen molar-refractivity contribution in [1.82, 2.24) is 0 Å². The summed E-state index contributed by atoms with van der Waals surface area (Å²) in [5, 5.41) is 0. The van der Waals surface area contributed by atoms with E-state index in [-0.39, 0.29) is 0 Å². The Morgan fingerprint density at radius 1 is 0.174 bits per heavy atom. The lowest BCUT2D eigenvalue weighted by molar-refractivity contribution is 0.302. The van der Waals surface area contributed by atoms with Crippen LogP contribution in [0.2, 0.25) is 0 Å². The van der Waals surface area contributed by atoms with Gasteiger partial charge in [0, 0.05) is 0 Å². The average Bonchev–Trinajstić information content (AvgIpc) is 0.845. The van der Waals surface area contributed by atoms with Crippen LogP contribution in [-0.2, 0) is 12.8 Å². The Labute approximate surface area is 700 Å². The van der Waals surface area contributed by atoms with Crippen LogP contribution in [0.15, 0.2) is 291 Å². The second-order valence-electron chi connectivity index (χ2n) is 34.0. The van der Waals surface area contributed by atoms with Gasteiger partial charge in [0.15, 0.2) is 0 Å². The molecule has 115 heavy (non-hydrogen) atoms. The van der Waals surface area contributed by atoms with Crippen molar-refractivity contribution in [1.29, 1.82) is 0 Å². The summed E-state index contributed by atoms with van der Waals surface area (Å²) in [6.07, 6.45) is 37.4. The van der Waals surface area contributed by atoms with E-state index in [1.807, 2.05) is 0 Å². The van der Waals surface area contributed by atoms with E-state index in [2.05, 4.69) is 374 Å². The van der Waals surface area contributed by atoms with Gasteiger partial charge in [-0.1, -0.05) is 460 Å². The van der Waals surface area contributed by atoms with Crippen LogP contribution < -0.4 is 0 Å². The van der Waals surface area contributed by atoms with E-state index in [1.165, 1.54) is 296 Å². The van der Waals surface area contributed by atoms with E-state index in [0.29, 0.717) is 0 Å². The lowest BCUT2D eigenvalue weighted by Crippen LogP contribution is -2.13. The van der Waals surface area contributed by atoms with Gasteiger partial charge in [-0.25, -0.2) is 0 Å². The van der Waals surface area contributed by atoms with Crippen molar-refractivity contribution in [3.8, 4) is 66.8 Å². The predicted molar refractivity (Wildman–Crippen MR) is 507 cm³/mol. The monoisotopic (exact) mass is 1520 g/mol. The van der Waals surface area contributed by atoms with Crippen molar-refractivity contribution < 1.29 is 0 Å². The molecule has 0 saturated heterocycles. The highest BCUT2D eigenvalue weighted by atomic mass is 14.3. The molecule has 0 heteroatoms. The van der Waals surface area contributed by atoms with Crippen LogP contribution in [0.25, 0.3) is 66.8 Å². The van der Waals surface area contributed by atoms with Gasteiger partial charge in [0.05, 0.1) is 0 Å². The van der Waals surface area contributed by atoms with Gasteiger partial charge in [0.25, 0.3) is 0 Å². The summed E-state index contributed by atoms with van der Waals surface area (Å²) >= 11 is 0. The molecule has 14 rings (SSSR count). The van der Waals surface area contributed by atoms with E-state index in [1.54, 1.807) is 11.1 Å². The molecule has 12 aromatic carbocycles. The van der Waals surface area contributed by atoms with Crippen LogP contribution in [0.3, 0.4) is 0 Å². The van der Waals surface area contributed by atoms with Crippen LogP contribution in [-0.4, -0.2) is 0 Å². The Morgan fingerprint density at radius 3 is 0.591 bits per heavy atom. The minimum atomic E-state index is 0.791. The molecule has 0 radical (unpaired) electrons. The van der Waals surface area contributed by atoms with Crippen molar-refractivity contribution in [3.63, 3.8) is 0 Å². The second kappa shape index (κ2) is 50.2. The number of aryl methyl sites for hydroxylation is 10. The molecule has 0 amide bonds. The molecule has 0 N–H and O–H groups in total. The highest BCUT2D eigenvalue weighted by molar-refractivity contribution is 5.71. The molecule has 0 unspecified atom stereocenters. The summed E-state index contributed by atoms with van der Waals surface area (Å²) in [6.45, 7) is 26.1. The molecular formula is C115H142. The molecule has 0 spiro atoms. The Bertz CT molecular complexity index is 4350. The Morgan fingerprint density at radius 2 is 0.339 bits per heavy atom. The minimum absolute atomic E-state index is 0.791. The SMILES string of the molecule is CCCCCC1CCC(c2ccc(-c3ccc(C)cc3)cc2)CC1.CCCCCCC1CCC(c2ccc(C)cc2)CC1.CCCCCCCc1ccc(-c2ccc(C)cc2)cc1.CCCCCc1ccc(-c2ccc(-c3ccc(C)cc3)cc2)cc1.Cc1ccc(-c2ccc(C)cc2)cc1.Cc1ccc(-c2ccc(C)cc2)cc1. The molecule has 0 heterocycles. The van der Waals surface area contributed by atoms with Crippen LogP contribution in [0.4, 0.5) is 0 Å². The molecule has 2 aliphatic rings. The van der Waals surface area contributed by atoms with Crippen molar-refractivity contribution in [3.05, 3.63) is 358 Å². The van der Waals surface area contributed by atoms with E-state index in [4.69, 9.17) is 0 Å². The molecule has 0 aliphatic heterocycles. The average molecular weight is 1520 g/mol. The molecule has 0 bridgehead atoms. The van der Waals surface area contributed by atoms with E-state index in [0.717, 1.165) is 23.7 Å². The Balaban J connectivity index is 0.000000160. The Kier molecular flexibility index (Phi) is 39.1. The zero-order chi connectivity index (χ0) is 81.2. The maximum absolute atomic E-state index is 2.37. The summed E-state index contributed by atoms with van der Waals surface area (Å²) in [6, 6.07) is 106. The first kappa shape index (κ1) is 89.6. The fourth-order valence-electron chi connectivity index (χ4n) is 16.2. The molecular weight excluding hydrogens is 1380 g/mol. The first-order valence-electron chi connectivity index (χ1n) is 45.1. The van der Waals surface area contributed by atoms with Crippen LogP contribution in [0.1, 0.15) is 267 Å². The van der Waals surface area contributed by atoms with Gasteiger partial charge in [-0.3, -0.25) is 0 Å². The topological polar surface area (TPSA) is 0 Å². The second-order valence-corrected chi connectivity index (χ2v) is 34.0. The number of hydrogen-bond acceptors (Lipinski definition) is 0. The number of hydrogen-bond donors (Lipinski definition) is 0. The number of unbranched alkanes of at least 4 members (excludes halogenated alkanes) is 11. The van der Waals surface area contributed by atoms with Gasteiger partial charge in [0.2, 0.25) is 0 Å². The van der Waals surface area contributed by atoms with E-state index in [9.17, 15) is 0 Å². The molecule has 0 aromatic heterocycles. The van der Waals surface area contributed by atoms with Gasteiger partial charge >= 0.3 is 0 Å². The normalized spacial score (nSPS) is 14.8. The van der Waals surface area contributed by atoms with Crippen molar-refractivity contribution >= 4 is 0 Å². The van der Waals surface area contributed by atoms with E-state index < -0.39 is 0 Å². The summed E-state index contributed by atoms with van der Waals surface area (Å²) in [5.74, 6) is 3.66. The van der Waals surface area contributed by atoms with Crippen molar-refractivity contribution in [2.45, 2.75) is 268 Å². The van der Waals surface area contributed by atoms with Gasteiger partial charge < -0.3 is 0 Å². The first-order chi connectivity index (χ1) is 56.1. The quantitative estimate of drug-likeness (QED) is 0.0450. The molecule has 0 nitrogen and oxygen atoms in total. The molecule has 0 atom stereocenters. The molecule has 2 fully saturated rings. The lowest BCUT2D eigenvalue weighted by atomic mass is 9.77. The highest BCUT2D eigenvalue weighted by Crippen LogP contribution is 2.40. The van der Waals surface area contributed by atoms with Crippen molar-refractivity contribution in [2.75, 3.05) is 0 Å². The van der Waals surface area contributed by atoms with Crippen LogP contribution in [0, 0.1) is 67.2 Å². The van der Waals surface area contributed by atoms with Gasteiger partial charge in [0.1, 0.15) is 0 Å². The van der Waals surface area contributed by atoms with Crippen molar-refractivity contribution in [2.24, 2.45) is 11.8 Å². The number of benzene rings is 12. The number of rotatable bonds is 27. The standard InChI is InChI=1S/C24H32.C24H26.C20H26.C19H30.2C14H14/c2*1-3-4-5-6-20-9-13-22(14-10-20)24-17-15-23(16-18-24)21-11-7-19(2)8-12-21;1-3-4-5-6-7-8-18-11-15-20(16-12-18)19-13-9-17(2)10-14-19;1-3-4-5-6-7-17-10-14-19(15-11-17)18-12-8-16(2)9-13-18;2*1-11-3-7-13(8-4-11)14-9-5-12(2)6-10-14/h7-8,11-12,15-18,20,22H,3-6,9-10,13-14H2,1-2H3;7-18H,3-6H2,1-2H3;9-16H,3-8H2,1-2H3;8-9,12-13,17,19H,3-7,10-11,14-15H2,1-2H3;2*3-10H,1-2H3. The summed E-state index contributed by atoms with van der Waals surface area (Å²) < 4.78 is 0. The summed E-state index contributed by atoms with van der Waals surface area (Å²) in [7, 11) is 0. The fraction of sp³-hybridized carbons (Fsp3) is 0.374. The zero-order valence-electron chi connectivity index (χ0n) is 73.1. The third kappa shape index (κ3) is 32.0. The van der Waals surface area contributed by atoms with E-state index >= 15 is 0 Å². The molecule has 12 aromatic rings. The molecule has 602 valence electrons. The van der Waals surface area contributed by atoms with Gasteiger partial charge in [-0.05, 0) is 245 Å². The first-order valence-corrected chi connectivity index (χ1v) is 45.1. The van der Waals surface area contributed by atoms with Gasteiger partial charge in [-0.15, -0.1) is 0 Å². The lowest BCUT2D eigenvalue weighted by Gasteiger charge is -2.29. The zero-order valence-corrected chi connectivity index (χ0v) is 73.1. The largest absolute Gasteiger partial charge is 0.0654 e. The van der Waals surface area contributed by atoms with Crippen LogP contribution >= 0.6 is 0 Å². The predicted octanol–water partition coefficient (Wildman–Crippen LogP) is 34.9. The third-order valence-corrected chi connectivity index (χ3v) is 24.1. The maximum atomic E-state index is 2.37. The van der Waals surface area contributed by atoms with Crippen LogP contribution in [0.5, 0.6) is 0 Å². The minimum Gasteiger partial charge on any atom is -0.0654 e. The third-order valence-electron chi connectivity index (χ3n) is 24.1. The molecule has 2 saturated carbocycles. The smallest absolute Gasteiger partial charge is 0.0162 e. The fourth-order valence-corrected chi connectivity index (χ4v) is 16.2.